The lowest BCUT2D eigenvalue weighted by Gasteiger charge is -2.24. The van der Waals surface area contributed by atoms with Crippen LogP contribution in [0.3, 0.4) is 0 Å². The first kappa shape index (κ1) is 12.9. The van der Waals surface area contributed by atoms with Gasteiger partial charge < -0.3 is 0 Å². The second-order valence-electron chi connectivity index (χ2n) is 5.95. The first-order valence-corrected chi connectivity index (χ1v) is 7.57. The number of nitrogens with zero attached hydrogens (tertiary/aromatic N) is 5. The Morgan fingerprint density at radius 2 is 2.14 bits per heavy atom. The average Bonchev–Trinajstić information content (AvgIpc) is 3.04. The predicted octanol–water partition coefficient (Wildman–Crippen LogP) is 2.48. The summed E-state index contributed by atoms with van der Waals surface area (Å²) >= 11 is 0. The van der Waals surface area contributed by atoms with Crippen LogP contribution in [0.1, 0.15) is 49.2 Å². The minimum Gasteiger partial charge on any atom is -0.289 e. The Morgan fingerprint density at radius 3 is 2.95 bits per heavy atom. The van der Waals surface area contributed by atoms with Gasteiger partial charge in [0.25, 0.3) is 0 Å². The Balaban J connectivity index is 1.55. The molecule has 1 aliphatic carbocycles. The van der Waals surface area contributed by atoms with E-state index in [1.807, 2.05) is 10.7 Å². The van der Waals surface area contributed by atoms with Crippen LogP contribution in [0.5, 0.6) is 0 Å². The van der Waals surface area contributed by atoms with Gasteiger partial charge in [-0.25, -0.2) is 9.07 Å². The average molecular weight is 287 g/mol. The van der Waals surface area contributed by atoms with Gasteiger partial charge in [-0.2, -0.15) is 0 Å². The van der Waals surface area contributed by atoms with Crippen molar-refractivity contribution in [2.24, 2.45) is 0 Å². The van der Waals surface area contributed by atoms with Gasteiger partial charge in [-0.3, -0.25) is 4.90 Å². The van der Waals surface area contributed by atoms with Crippen LogP contribution in [-0.4, -0.2) is 31.7 Å². The molecule has 110 valence electrons. The molecule has 2 aliphatic rings. The van der Waals surface area contributed by atoms with Crippen LogP contribution in [0.2, 0.25) is 0 Å². The second-order valence-corrected chi connectivity index (χ2v) is 5.95. The summed E-state index contributed by atoms with van der Waals surface area (Å²) in [7, 11) is 0. The lowest BCUT2D eigenvalue weighted by atomic mass is 10.0. The normalized spacial score (nSPS) is 22.8. The Labute approximate surface area is 122 Å². The van der Waals surface area contributed by atoms with Crippen LogP contribution in [-0.2, 0) is 6.54 Å². The maximum absolute atomic E-state index is 13.4. The standard InChI is InChI=1S/C15H18FN5/c16-12-4-1-3-11(9-12)14-5-2-8-20(14)10-15-17-18-19-21(15)13-6-7-13/h1,3-4,9,13-14H,2,5-8,10H2/t14-/m0/s1. The van der Waals surface area contributed by atoms with E-state index < -0.39 is 0 Å². The van der Waals surface area contributed by atoms with Gasteiger partial charge in [0.05, 0.1) is 12.6 Å². The van der Waals surface area contributed by atoms with E-state index >= 15 is 0 Å². The van der Waals surface area contributed by atoms with E-state index in [0.717, 1.165) is 37.3 Å². The molecule has 1 aromatic heterocycles. The molecule has 5 nitrogen and oxygen atoms in total. The SMILES string of the molecule is Fc1cccc([C@@H]2CCCN2Cc2nnnn2C2CC2)c1. The zero-order valence-electron chi connectivity index (χ0n) is 11.8. The number of rotatable bonds is 4. The molecule has 0 spiro atoms. The summed E-state index contributed by atoms with van der Waals surface area (Å²) in [5.41, 5.74) is 1.05. The highest BCUT2D eigenvalue weighted by atomic mass is 19.1. The quantitative estimate of drug-likeness (QED) is 0.866. The highest BCUT2D eigenvalue weighted by molar-refractivity contribution is 5.21. The number of tetrazole rings is 1. The van der Waals surface area contributed by atoms with Gasteiger partial charge in [-0.15, -0.1) is 5.10 Å². The number of benzene rings is 1. The van der Waals surface area contributed by atoms with E-state index in [-0.39, 0.29) is 11.9 Å². The molecule has 0 bridgehead atoms. The van der Waals surface area contributed by atoms with Crippen molar-refractivity contribution in [3.8, 4) is 0 Å². The minimum absolute atomic E-state index is 0.165. The van der Waals surface area contributed by atoms with Crippen LogP contribution < -0.4 is 0 Å². The maximum atomic E-state index is 13.4. The predicted molar refractivity (Wildman–Crippen MR) is 74.9 cm³/mol. The summed E-state index contributed by atoms with van der Waals surface area (Å²) in [6.07, 6.45) is 4.54. The van der Waals surface area contributed by atoms with Crippen molar-refractivity contribution < 1.29 is 4.39 Å². The van der Waals surface area contributed by atoms with Gasteiger partial charge >= 0.3 is 0 Å². The Morgan fingerprint density at radius 1 is 1.24 bits per heavy atom. The third kappa shape index (κ3) is 2.55. The molecule has 21 heavy (non-hydrogen) atoms. The van der Waals surface area contributed by atoms with Crippen molar-refractivity contribution >= 4 is 0 Å². The lowest BCUT2D eigenvalue weighted by molar-refractivity contribution is 0.237. The molecule has 2 fully saturated rings. The van der Waals surface area contributed by atoms with Gasteiger partial charge in [0.15, 0.2) is 5.82 Å². The fourth-order valence-corrected chi connectivity index (χ4v) is 3.21. The molecule has 1 atom stereocenters. The number of halogens is 1. The van der Waals surface area contributed by atoms with E-state index in [1.54, 1.807) is 12.1 Å². The minimum atomic E-state index is -0.165. The topological polar surface area (TPSA) is 46.8 Å². The number of likely N-dealkylation sites (tertiary alicyclic amines) is 1. The van der Waals surface area contributed by atoms with E-state index in [1.165, 1.54) is 18.9 Å². The molecular weight excluding hydrogens is 269 g/mol. The van der Waals surface area contributed by atoms with Crippen molar-refractivity contribution in [3.63, 3.8) is 0 Å². The largest absolute Gasteiger partial charge is 0.289 e. The van der Waals surface area contributed by atoms with Crippen LogP contribution in [0, 0.1) is 5.82 Å². The fraction of sp³-hybridized carbons (Fsp3) is 0.533. The van der Waals surface area contributed by atoms with Crippen molar-refractivity contribution in [2.75, 3.05) is 6.54 Å². The number of aromatic nitrogens is 4. The van der Waals surface area contributed by atoms with E-state index in [0.29, 0.717) is 6.04 Å². The molecule has 1 aliphatic heterocycles. The maximum Gasteiger partial charge on any atom is 0.165 e. The molecule has 4 rings (SSSR count). The van der Waals surface area contributed by atoms with E-state index in [4.69, 9.17) is 0 Å². The Hall–Kier alpha value is -1.82. The molecule has 0 unspecified atom stereocenters. The Kier molecular flexibility index (Phi) is 3.18. The second kappa shape index (κ2) is 5.18. The van der Waals surface area contributed by atoms with Crippen molar-refractivity contribution in [1.82, 2.24) is 25.1 Å². The van der Waals surface area contributed by atoms with E-state index in [9.17, 15) is 4.39 Å². The van der Waals surface area contributed by atoms with Gasteiger partial charge in [0.1, 0.15) is 5.82 Å². The summed E-state index contributed by atoms with van der Waals surface area (Å²) in [6.45, 7) is 1.75. The molecule has 2 aromatic rings. The summed E-state index contributed by atoms with van der Waals surface area (Å²) in [5.74, 6) is 0.767. The zero-order chi connectivity index (χ0) is 14.2. The van der Waals surface area contributed by atoms with Crippen LogP contribution >= 0.6 is 0 Å². The fourth-order valence-electron chi connectivity index (χ4n) is 3.21. The van der Waals surface area contributed by atoms with Crippen LogP contribution in [0.25, 0.3) is 0 Å². The van der Waals surface area contributed by atoms with Crippen molar-refractivity contribution in [1.29, 1.82) is 0 Å². The first-order valence-electron chi connectivity index (χ1n) is 7.57. The molecule has 0 amide bonds. The molecule has 0 N–H and O–H groups in total. The van der Waals surface area contributed by atoms with Crippen LogP contribution in [0.4, 0.5) is 4.39 Å². The summed E-state index contributed by atoms with van der Waals surface area (Å²) in [4.78, 5) is 2.36. The monoisotopic (exact) mass is 287 g/mol. The van der Waals surface area contributed by atoms with Crippen molar-refractivity contribution in [3.05, 3.63) is 41.5 Å². The van der Waals surface area contributed by atoms with Gasteiger partial charge in [-0.1, -0.05) is 12.1 Å². The van der Waals surface area contributed by atoms with Gasteiger partial charge in [0.2, 0.25) is 0 Å². The molecule has 2 heterocycles. The lowest BCUT2D eigenvalue weighted by Crippen LogP contribution is -2.25. The highest BCUT2D eigenvalue weighted by Gasteiger charge is 2.31. The summed E-state index contributed by atoms with van der Waals surface area (Å²) < 4.78 is 15.4. The Bertz CT molecular complexity index is 636. The summed E-state index contributed by atoms with van der Waals surface area (Å²) in [5, 5.41) is 12.1. The van der Waals surface area contributed by atoms with Crippen molar-refractivity contribution in [2.45, 2.75) is 44.3 Å². The molecule has 6 heteroatoms. The molecule has 0 radical (unpaired) electrons. The van der Waals surface area contributed by atoms with Crippen LogP contribution in [0.15, 0.2) is 24.3 Å². The molecule has 1 saturated heterocycles. The number of hydrogen-bond acceptors (Lipinski definition) is 4. The van der Waals surface area contributed by atoms with Gasteiger partial charge in [0, 0.05) is 6.04 Å². The third-order valence-corrected chi connectivity index (χ3v) is 4.40. The molecule has 1 saturated carbocycles. The molecular formula is C15H18FN5. The third-order valence-electron chi connectivity index (χ3n) is 4.40. The smallest absolute Gasteiger partial charge is 0.165 e. The number of hydrogen-bond donors (Lipinski definition) is 0. The molecule has 1 aromatic carbocycles. The highest BCUT2D eigenvalue weighted by Crippen LogP contribution is 2.36. The summed E-state index contributed by atoms with van der Waals surface area (Å²) in [6, 6.07) is 7.70. The first-order chi connectivity index (χ1) is 10.3. The zero-order valence-corrected chi connectivity index (χ0v) is 11.8. The van der Waals surface area contributed by atoms with E-state index in [2.05, 4.69) is 20.4 Å². The van der Waals surface area contributed by atoms with Gasteiger partial charge in [-0.05, 0) is 60.4 Å².